The predicted molar refractivity (Wildman–Crippen MR) is 101 cm³/mol. The third kappa shape index (κ3) is 3.06. The van der Waals surface area contributed by atoms with Crippen LogP contribution in [-0.4, -0.2) is 20.6 Å². The number of carbonyl (C=O) groups is 1. The molecule has 0 saturated carbocycles. The van der Waals surface area contributed by atoms with Crippen LogP contribution in [0.5, 0.6) is 0 Å². The van der Waals surface area contributed by atoms with E-state index < -0.39 is 4.92 Å². The van der Waals surface area contributed by atoms with Gasteiger partial charge < -0.3 is 5.32 Å². The van der Waals surface area contributed by atoms with Crippen LogP contribution in [0.4, 0.5) is 11.5 Å². The minimum absolute atomic E-state index is 0.0211. The number of non-ortho nitro benzene ring substituents is 1. The molecule has 0 bridgehead atoms. The standard InChI is InChI=1S/C19H15ClN4O3/c1-11-18-16(12-2-6-15(7-3-12)24(26)27)10-17(25)21-19(18)23(22-11)14-8-4-13(20)5-9-14/h2-9,16H,10H2,1H3,(H,21,25). The fourth-order valence-corrected chi connectivity index (χ4v) is 3.56. The number of hydrogen-bond donors (Lipinski definition) is 1. The highest BCUT2D eigenvalue weighted by Gasteiger charge is 2.32. The molecule has 1 unspecified atom stereocenters. The van der Waals surface area contributed by atoms with Crippen LogP contribution >= 0.6 is 11.6 Å². The molecule has 1 N–H and O–H groups in total. The first-order valence-electron chi connectivity index (χ1n) is 8.33. The zero-order valence-electron chi connectivity index (χ0n) is 14.3. The van der Waals surface area contributed by atoms with E-state index in [1.807, 2.05) is 19.1 Å². The van der Waals surface area contributed by atoms with Gasteiger partial charge in [-0.2, -0.15) is 5.10 Å². The van der Waals surface area contributed by atoms with Crippen molar-refractivity contribution in [1.29, 1.82) is 0 Å². The Morgan fingerprint density at radius 1 is 1.19 bits per heavy atom. The molecule has 136 valence electrons. The first-order chi connectivity index (χ1) is 12.9. The fraction of sp³-hybridized carbons (Fsp3) is 0.158. The molecule has 0 aliphatic carbocycles. The molecule has 3 aromatic rings. The first-order valence-corrected chi connectivity index (χ1v) is 8.71. The summed E-state index contributed by atoms with van der Waals surface area (Å²) in [7, 11) is 0. The van der Waals surface area contributed by atoms with E-state index in [1.54, 1.807) is 28.9 Å². The number of fused-ring (bicyclic) bond motifs is 1. The normalized spacial score (nSPS) is 15.9. The van der Waals surface area contributed by atoms with Gasteiger partial charge in [0.05, 0.1) is 16.3 Å². The summed E-state index contributed by atoms with van der Waals surface area (Å²) in [4.78, 5) is 22.8. The molecular formula is C19H15ClN4O3. The summed E-state index contributed by atoms with van der Waals surface area (Å²) in [5.74, 6) is 0.283. The van der Waals surface area contributed by atoms with Gasteiger partial charge in [-0.05, 0) is 36.8 Å². The molecular weight excluding hydrogens is 368 g/mol. The van der Waals surface area contributed by atoms with Crippen molar-refractivity contribution in [3.05, 3.63) is 80.5 Å². The van der Waals surface area contributed by atoms with Gasteiger partial charge >= 0.3 is 0 Å². The maximum Gasteiger partial charge on any atom is 0.269 e. The number of aromatic nitrogens is 2. The van der Waals surface area contributed by atoms with Gasteiger partial charge in [-0.1, -0.05) is 23.7 Å². The third-order valence-corrected chi connectivity index (χ3v) is 4.93. The van der Waals surface area contributed by atoms with Gasteiger partial charge in [0.15, 0.2) is 0 Å². The summed E-state index contributed by atoms with van der Waals surface area (Å²) < 4.78 is 1.69. The van der Waals surface area contributed by atoms with Gasteiger partial charge in [-0.3, -0.25) is 14.9 Å². The van der Waals surface area contributed by atoms with Crippen LogP contribution < -0.4 is 5.32 Å². The summed E-state index contributed by atoms with van der Waals surface area (Å²) in [5.41, 5.74) is 3.36. The number of nitrogens with zero attached hydrogens (tertiary/aromatic N) is 3. The Hall–Kier alpha value is -3.19. The van der Waals surface area contributed by atoms with E-state index in [0.29, 0.717) is 10.8 Å². The lowest BCUT2D eigenvalue weighted by atomic mass is 9.86. The van der Waals surface area contributed by atoms with Crippen LogP contribution in [0.2, 0.25) is 5.02 Å². The highest BCUT2D eigenvalue weighted by atomic mass is 35.5. The molecule has 2 heterocycles. The summed E-state index contributed by atoms with van der Waals surface area (Å²) in [5, 5.41) is 19.0. The van der Waals surface area contributed by atoms with E-state index in [9.17, 15) is 14.9 Å². The van der Waals surface area contributed by atoms with Crippen molar-refractivity contribution >= 4 is 29.0 Å². The number of carbonyl (C=O) groups excluding carboxylic acids is 1. The molecule has 1 aliphatic rings. The molecule has 2 aromatic carbocycles. The van der Waals surface area contributed by atoms with Gasteiger partial charge in [-0.15, -0.1) is 0 Å². The first kappa shape index (κ1) is 17.2. The Balaban J connectivity index is 1.81. The van der Waals surface area contributed by atoms with E-state index in [1.165, 1.54) is 12.1 Å². The molecule has 8 heteroatoms. The highest BCUT2D eigenvalue weighted by molar-refractivity contribution is 6.30. The van der Waals surface area contributed by atoms with E-state index >= 15 is 0 Å². The van der Waals surface area contributed by atoms with Crippen molar-refractivity contribution in [3.8, 4) is 5.69 Å². The Labute approximate surface area is 159 Å². The van der Waals surface area contributed by atoms with Crippen LogP contribution in [0.25, 0.3) is 5.69 Å². The summed E-state index contributed by atoms with van der Waals surface area (Å²) in [6.45, 7) is 1.89. The topological polar surface area (TPSA) is 90.1 Å². The minimum Gasteiger partial charge on any atom is -0.310 e. The van der Waals surface area contributed by atoms with E-state index in [2.05, 4.69) is 10.4 Å². The number of amides is 1. The average Bonchev–Trinajstić information content (AvgIpc) is 2.98. The lowest BCUT2D eigenvalue weighted by Crippen LogP contribution is -2.24. The summed E-state index contributed by atoms with van der Waals surface area (Å²) in [6, 6.07) is 13.5. The van der Waals surface area contributed by atoms with Crippen molar-refractivity contribution in [3.63, 3.8) is 0 Å². The Morgan fingerprint density at radius 3 is 2.48 bits per heavy atom. The molecule has 0 spiro atoms. The molecule has 7 nitrogen and oxygen atoms in total. The zero-order valence-corrected chi connectivity index (χ0v) is 15.1. The molecule has 1 aromatic heterocycles. The lowest BCUT2D eigenvalue weighted by molar-refractivity contribution is -0.384. The number of hydrogen-bond acceptors (Lipinski definition) is 4. The largest absolute Gasteiger partial charge is 0.310 e. The lowest BCUT2D eigenvalue weighted by Gasteiger charge is -2.24. The second-order valence-corrected chi connectivity index (χ2v) is 6.83. The maximum atomic E-state index is 12.4. The highest BCUT2D eigenvalue weighted by Crippen LogP contribution is 2.40. The SMILES string of the molecule is Cc1nn(-c2ccc(Cl)cc2)c2c1C(c1ccc([N+](=O)[O-])cc1)CC(=O)N2. The fourth-order valence-electron chi connectivity index (χ4n) is 3.43. The molecule has 1 atom stereocenters. The van der Waals surface area contributed by atoms with E-state index in [0.717, 1.165) is 22.5 Å². The molecule has 4 rings (SSSR count). The molecule has 27 heavy (non-hydrogen) atoms. The van der Waals surface area contributed by atoms with Crippen molar-refractivity contribution in [2.24, 2.45) is 0 Å². The average molecular weight is 383 g/mol. The van der Waals surface area contributed by atoms with Crippen molar-refractivity contribution < 1.29 is 9.72 Å². The second-order valence-electron chi connectivity index (χ2n) is 6.39. The third-order valence-electron chi connectivity index (χ3n) is 4.68. The van der Waals surface area contributed by atoms with Crippen LogP contribution in [-0.2, 0) is 4.79 Å². The van der Waals surface area contributed by atoms with Gasteiger partial charge in [0, 0.05) is 35.1 Å². The van der Waals surface area contributed by atoms with E-state index in [4.69, 9.17) is 11.6 Å². The summed E-state index contributed by atoms with van der Waals surface area (Å²) in [6.07, 6.45) is 0.262. The number of anilines is 1. The number of nitrogens with one attached hydrogen (secondary N) is 1. The number of nitro benzene ring substituents is 1. The minimum atomic E-state index is -0.438. The van der Waals surface area contributed by atoms with E-state index in [-0.39, 0.29) is 23.9 Å². The number of halogens is 1. The molecule has 0 saturated heterocycles. The summed E-state index contributed by atoms with van der Waals surface area (Å²) >= 11 is 5.96. The molecule has 0 radical (unpaired) electrons. The van der Waals surface area contributed by atoms with Crippen LogP contribution in [0.3, 0.4) is 0 Å². The number of aryl methyl sites for hydroxylation is 1. The Morgan fingerprint density at radius 2 is 1.85 bits per heavy atom. The Kier molecular flexibility index (Phi) is 4.16. The van der Waals surface area contributed by atoms with Crippen molar-refractivity contribution in [2.75, 3.05) is 5.32 Å². The predicted octanol–water partition coefficient (Wildman–Crippen LogP) is 4.22. The molecule has 1 aliphatic heterocycles. The van der Waals surface area contributed by atoms with Gasteiger partial charge in [0.2, 0.25) is 5.91 Å². The molecule has 0 fully saturated rings. The van der Waals surface area contributed by atoms with Crippen LogP contribution in [0.15, 0.2) is 48.5 Å². The van der Waals surface area contributed by atoms with Gasteiger partial charge in [0.1, 0.15) is 5.82 Å². The maximum absolute atomic E-state index is 12.4. The second kappa shape index (κ2) is 6.51. The molecule has 1 amide bonds. The van der Waals surface area contributed by atoms with Gasteiger partial charge in [0.25, 0.3) is 5.69 Å². The monoisotopic (exact) mass is 382 g/mol. The number of benzene rings is 2. The quantitative estimate of drug-likeness (QED) is 0.542. The van der Waals surface area contributed by atoms with Gasteiger partial charge in [-0.25, -0.2) is 4.68 Å². The Bertz CT molecular complexity index is 1040. The number of nitro groups is 1. The van der Waals surface area contributed by atoms with Crippen LogP contribution in [0, 0.1) is 17.0 Å². The number of rotatable bonds is 3. The van der Waals surface area contributed by atoms with Crippen LogP contribution in [0.1, 0.15) is 29.2 Å². The van der Waals surface area contributed by atoms with Crippen molar-refractivity contribution in [2.45, 2.75) is 19.3 Å². The smallest absolute Gasteiger partial charge is 0.269 e. The zero-order chi connectivity index (χ0) is 19.1. The van der Waals surface area contributed by atoms with Crippen molar-refractivity contribution in [1.82, 2.24) is 9.78 Å².